The first-order valence-corrected chi connectivity index (χ1v) is 5.25. The Hall–Kier alpha value is -0.670. The summed E-state index contributed by atoms with van der Waals surface area (Å²) in [6.07, 6.45) is 4.21. The minimum Gasteiger partial charge on any atom is -0.380 e. The van der Waals surface area contributed by atoms with E-state index >= 15 is 0 Å². The summed E-state index contributed by atoms with van der Waals surface area (Å²) in [7, 11) is 0. The molecule has 0 saturated carbocycles. The second-order valence-corrected chi connectivity index (χ2v) is 3.57. The summed E-state index contributed by atoms with van der Waals surface area (Å²) in [5.41, 5.74) is 0. The number of hydrogen-bond acceptors (Lipinski definition) is 3. The lowest BCUT2D eigenvalue weighted by Crippen LogP contribution is -2.36. The molecule has 0 aromatic carbocycles. The lowest BCUT2D eigenvalue weighted by molar-refractivity contribution is -0.121. The van der Waals surface area contributed by atoms with Gasteiger partial charge in [0.15, 0.2) is 0 Å². The third-order valence-electron chi connectivity index (χ3n) is 2.43. The van der Waals surface area contributed by atoms with Gasteiger partial charge in [0.1, 0.15) is 5.78 Å². The number of rotatable bonds is 6. The fourth-order valence-electron chi connectivity index (χ4n) is 1.49. The monoisotopic (exact) mass is 197 g/mol. The molecule has 0 N–H and O–H groups in total. The van der Waals surface area contributed by atoms with Crippen LogP contribution < -0.4 is 0 Å². The summed E-state index contributed by atoms with van der Waals surface area (Å²) in [4.78, 5) is 13.2. The van der Waals surface area contributed by atoms with Gasteiger partial charge in [-0.15, -0.1) is 6.58 Å². The van der Waals surface area contributed by atoms with Crippen molar-refractivity contribution in [1.82, 2.24) is 4.90 Å². The summed E-state index contributed by atoms with van der Waals surface area (Å²) < 4.78 is 5.41. The number of Topliss-reactive ketones (excluding diaryl/α,β-unsaturated/α-hetero) is 1. The first-order valence-electron chi connectivity index (χ1n) is 5.25. The third-order valence-corrected chi connectivity index (χ3v) is 2.43. The highest BCUT2D eigenvalue weighted by atomic mass is 16.5. The highest BCUT2D eigenvalue weighted by Crippen LogP contribution is 2.04. The van der Waals surface area contributed by atoms with Crippen LogP contribution in [0.3, 0.4) is 0 Å². The Morgan fingerprint density at radius 2 is 2.07 bits per heavy atom. The van der Waals surface area contributed by atoms with Gasteiger partial charge in [0.05, 0.1) is 13.2 Å². The molecule has 1 aliphatic heterocycles. The van der Waals surface area contributed by atoms with Crippen molar-refractivity contribution in [3.8, 4) is 0 Å². The van der Waals surface area contributed by atoms with E-state index < -0.39 is 0 Å². The summed E-state index contributed by atoms with van der Waals surface area (Å²) >= 11 is 0. The zero-order chi connectivity index (χ0) is 10.2. The maximum atomic E-state index is 11.0. The molecule has 0 bridgehead atoms. The van der Waals surface area contributed by atoms with Crippen LogP contribution in [-0.2, 0) is 9.53 Å². The molecule has 0 radical (unpaired) electrons. The molecule has 3 nitrogen and oxygen atoms in total. The summed E-state index contributed by atoms with van der Waals surface area (Å²) in [6.45, 7) is 7.92. The fourth-order valence-corrected chi connectivity index (χ4v) is 1.49. The van der Waals surface area contributed by atoms with Gasteiger partial charge < -0.3 is 9.64 Å². The molecule has 0 unspecified atom stereocenters. The van der Waals surface area contributed by atoms with E-state index in [2.05, 4.69) is 11.5 Å². The lowest BCUT2D eigenvalue weighted by Gasteiger charge is -2.25. The third kappa shape index (κ3) is 4.53. The van der Waals surface area contributed by atoms with Gasteiger partial charge in [0.25, 0.3) is 0 Å². The number of piperidine rings is 1. The Kier molecular flexibility index (Phi) is 5.49. The Labute approximate surface area is 85.7 Å². The average Bonchev–Trinajstić information content (AvgIpc) is 2.21. The molecule has 1 rings (SSSR count). The first kappa shape index (κ1) is 11.4. The summed E-state index contributed by atoms with van der Waals surface area (Å²) in [5, 5.41) is 0. The quantitative estimate of drug-likeness (QED) is 0.474. The number of ketones is 1. The molecule has 0 aromatic rings. The van der Waals surface area contributed by atoms with Gasteiger partial charge in [-0.05, 0) is 6.42 Å². The van der Waals surface area contributed by atoms with Crippen LogP contribution in [0.4, 0.5) is 0 Å². The topological polar surface area (TPSA) is 29.5 Å². The van der Waals surface area contributed by atoms with Gasteiger partial charge in [0, 0.05) is 32.5 Å². The molecule has 0 aromatic heterocycles. The van der Waals surface area contributed by atoms with Crippen molar-refractivity contribution in [2.75, 3.05) is 32.8 Å². The van der Waals surface area contributed by atoms with Crippen molar-refractivity contribution in [2.45, 2.75) is 19.3 Å². The van der Waals surface area contributed by atoms with E-state index in [0.717, 1.165) is 39.3 Å². The largest absolute Gasteiger partial charge is 0.380 e. The van der Waals surface area contributed by atoms with Crippen LogP contribution in [0.2, 0.25) is 0 Å². The molecule has 80 valence electrons. The molecular weight excluding hydrogens is 178 g/mol. The predicted octanol–water partition coefficient (Wildman–Crippen LogP) is 1.24. The standard InChI is InChI=1S/C11H19NO2/c1-2-3-9-14-10-8-12-6-4-11(13)5-7-12/h2H,1,3-10H2. The van der Waals surface area contributed by atoms with E-state index in [1.54, 1.807) is 0 Å². The fraction of sp³-hybridized carbons (Fsp3) is 0.727. The Morgan fingerprint density at radius 1 is 1.36 bits per heavy atom. The summed E-state index contributed by atoms with van der Waals surface area (Å²) in [6, 6.07) is 0. The average molecular weight is 197 g/mol. The maximum absolute atomic E-state index is 11.0. The number of nitrogens with zero attached hydrogens (tertiary/aromatic N) is 1. The minimum absolute atomic E-state index is 0.397. The Morgan fingerprint density at radius 3 is 2.71 bits per heavy atom. The second-order valence-electron chi connectivity index (χ2n) is 3.57. The van der Waals surface area contributed by atoms with Crippen LogP contribution in [0.1, 0.15) is 19.3 Å². The molecule has 0 spiro atoms. The first-order chi connectivity index (χ1) is 6.83. The van der Waals surface area contributed by atoms with Crippen molar-refractivity contribution in [3.05, 3.63) is 12.7 Å². The highest BCUT2D eigenvalue weighted by molar-refractivity contribution is 5.79. The van der Waals surface area contributed by atoms with Crippen LogP contribution >= 0.6 is 0 Å². The van der Waals surface area contributed by atoms with E-state index in [0.29, 0.717) is 18.6 Å². The van der Waals surface area contributed by atoms with Crippen LogP contribution in [-0.4, -0.2) is 43.5 Å². The van der Waals surface area contributed by atoms with Gasteiger partial charge >= 0.3 is 0 Å². The molecule has 0 aliphatic carbocycles. The van der Waals surface area contributed by atoms with Gasteiger partial charge in [-0.25, -0.2) is 0 Å². The molecule has 0 atom stereocenters. The Balaban J connectivity index is 1.96. The number of likely N-dealkylation sites (tertiary alicyclic amines) is 1. The molecule has 0 amide bonds. The van der Waals surface area contributed by atoms with Crippen LogP contribution in [0.15, 0.2) is 12.7 Å². The van der Waals surface area contributed by atoms with E-state index in [1.807, 2.05) is 6.08 Å². The molecule has 1 heterocycles. The maximum Gasteiger partial charge on any atom is 0.135 e. The molecule has 1 saturated heterocycles. The Bertz CT molecular complexity index is 182. The van der Waals surface area contributed by atoms with Crippen molar-refractivity contribution in [2.24, 2.45) is 0 Å². The van der Waals surface area contributed by atoms with Crippen LogP contribution in [0.25, 0.3) is 0 Å². The number of ether oxygens (including phenoxy) is 1. The van der Waals surface area contributed by atoms with Crippen molar-refractivity contribution in [1.29, 1.82) is 0 Å². The SMILES string of the molecule is C=CCCOCCN1CCC(=O)CC1. The van der Waals surface area contributed by atoms with Gasteiger partial charge in [-0.3, -0.25) is 4.79 Å². The van der Waals surface area contributed by atoms with Gasteiger partial charge in [-0.2, -0.15) is 0 Å². The number of carbonyl (C=O) groups is 1. The zero-order valence-electron chi connectivity index (χ0n) is 8.71. The van der Waals surface area contributed by atoms with Crippen molar-refractivity contribution >= 4 is 5.78 Å². The van der Waals surface area contributed by atoms with Crippen molar-refractivity contribution < 1.29 is 9.53 Å². The normalized spacial score (nSPS) is 18.4. The lowest BCUT2D eigenvalue weighted by atomic mass is 10.1. The molecule has 1 fully saturated rings. The minimum atomic E-state index is 0.397. The van der Waals surface area contributed by atoms with Gasteiger partial charge in [0.2, 0.25) is 0 Å². The zero-order valence-corrected chi connectivity index (χ0v) is 8.71. The van der Waals surface area contributed by atoms with E-state index in [9.17, 15) is 4.79 Å². The molecule has 14 heavy (non-hydrogen) atoms. The second kappa shape index (κ2) is 6.74. The highest BCUT2D eigenvalue weighted by Gasteiger charge is 2.14. The number of hydrogen-bond donors (Lipinski definition) is 0. The van der Waals surface area contributed by atoms with E-state index in [1.165, 1.54) is 0 Å². The number of carbonyl (C=O) groups excluding carboxylic acids is 1. The summed E-state index contributed by atoms with van der Waals surface area (Å²) in [5.74, 6) is 0.397. The predicted molar refractivity (Wildman–Crippen MR) is 56.3 cm³/mol. The molecule has 1 aliphatic rings. The molecule has 3 heteroatoms. The van der Waals surface area contributed by atoms with Crippen LogP contribution in [0, 0.1) is 0 Å². The van der Waals surface area contributed by atoms with Crippen molar-refractivity contribution in [3.63, 3.8) is 0 Å². The smallest absolute Gasteiger partial charge is 0.135 e. The van der Waals surface area contributed by atoms with E-state index in [4.69, 9.17) is 4.74 Å². The van der Waals surface area contributed by atoms with Gasteiger partial charge in [-0.1, -0.05) is 6.08 Å². The van der Waals surface area contributed by atoms with E-state index in [-0.39, 0.29) is 0 Å². The van der Waals surface area contributed by atoms with Crippen LogP contribution in [0.5, 0.6) is 0 Å². The molecular formula is C11H19NO2.